The number of nitrogens with zero attached hydrogens (tertiary/aromatic N) is 4. The average Bonchev–Trinajstić information content (AvgIpc) is 2.97. The molecule has 2 heterocycles. The molecule has 1 aliphatic rings. The predicted molar refractivity (Wildman–Crippen MR) is 67.5 cm³/mol. The monoisotopic (exact) mass is 268 g/mol. The summed E-state index contributed by atoms with van der Waals surface area (Å²) < 4.78 is 1.89. The van der Waals surface area contributed by atoms with E-state index in [-0.39, 0.29) is 11.4 Å². The first-order chi connectivity index (χ1) is 8.27. The van der Waals surface area contributed by atoms with Gasteiger partial charge in [0.25, 0.3) is 0 Å². The van der Waals surface area contributed by atoms with Crippen molar-refractivity contribution in [2.45, 2.75) is 37.6 Å². The zero-order valence-corrected chi connectivity index (χ0v) is 11.1. The molecule has 0 aliphatic heterocycles. The van der Waals surface area contributed by atoms with Crippen LogP contribution in [0.15, 0.2) is 11.4 Å². The molecule has 0 spiro atoms. The average molecular weight is 269 g/mol. The van der Waals surface area contributed by atoms with Crippen molar-refractivity contribution >= 4 is 22.9 Å². The lowest BCUT2D eigenvalue weighted by atomic mass is 9.94. The van der Waals surface area contributed by atoms with Gasteiger partial charge in [-0.05, 0) is 53.6 Å². The molecule has 1 aliphatic carbocycles. The van der Waals surface area contributed by atoms with Crippen molar-refractivity contribution in [2.24, 2.45) is 0 Å². The number of aryl methyl sites for hydroxylation is 1. The van der Waals surface area contributed by atoms with Gasteiger partial charge >= 0.3 is 0 Å². The molecule has 2 atom stereocenters. The maximum Gasteiger partial charge on any atom is 0.169 e. The zero-order valence-electron chi connectivity index (χ0n) is 9.51. The van der Waals surface area contributed by atoms with Gasteiger partial charge in [-0.3, -0.25) is 0 Å². The molecule has 2 aromatic heterocycles. The summed E-state index contributed by atoms with van der Waals surface area (Å²) in [6, 6.07) is 2.45. The number of rotatable bonds is 2. The van der Waals surface area contributed by atoms with Crippen LogP contribution in [0.5, 0.6) is 0 Å². The third-order valence-corrected chi connectivity index (χ3v) is 4.38. The smallest absolute Gasteiger partial charge is 0.169 e. The highest BCUT2D eigenvalue weighted by molar-refractivity contribution is 7.10. The molecule has 0 saturated carbocycles. The lowest BCUT2D eigenvalue weighted by Gasteiger charge is -2.23. The quantitative estimate of drug-likeness (QED) is 0.787. The molecule has 3 rings (SSSR count). The van der Waals surface area contributed by atoms with E-state index in [1.54, 1.807) is 0 Å². The van der Waals surface area contributed by atoms with E-state index in [1.165, 1.54) is 23.3 Å². The molecule has 90 valence electrons. The minimum Gasteiger partial charge on any atom is -0.221 e. The number of hydrogen-bond acceptors (Lipinski definition) is 4. The minimum atomic E-state index is -0.158. The molecule has 0 aromatic carbocycles. The Morgan fingerprint density at radius 1 is 1.59 bits per heavy atom. The highest BCUT2D eigenvalue weighted by Crippen LogP contribution is 2.36. The van der Waals surface area contributed by atoms with E-state index in [4.69, 9.17) is 11.6 Å². The van der Waals surface area contributed by atoms with Gasteiger partial charge in [0.1, 0.15) is 0 Å². The first kappa shape index (κ1) is 11.2. The fraction of sp³-hybridized carbons (Fsp3) is 0.545. The number of alkyl halides is 1. The normalized spacial score (nSPS) is 21.2. The number of aromatic nitrogens is 4. The SMILES string of the molecule is CC(Cl)c1nnnn1C1CCCc2sccc21. The Bertz CT molecular complexity index is 519. The van der Waals surface area contributed by atoms with E-state index in [2.05, 4.69) is 27.0 Å². The highest BCUT2D eigenvalue weighted by atomic mass is 35.5. The van der Waals surface area contributed by atoms with E-state index in [0.717, 1.165) is 12.2 Å². The van der Waals surface area contributed by atoms with Gasteiger partial charge in [-0.1, -0.05) is 0 Å². The van der Waals surface area contributed by atoms with Crippen LogP contribution < -0.4 is 0 Å². The van der Waals surface area contributed by atoms with Crippen molar-refractivity contribution in [1.82, 2.24) is 20.2 Å². The summed E-state index contributed by atoms with van der Waals surface area (Å²) in [5.74, 6) is 0.760. The number of tetrazole rings is 1. The van der Waals surface area contributed by atoms with Gasteiger partial charge in [0.15, 0.2) is 5.82 Å². The molecule has 2 aromatic rings. The maximum absolute atomic E-state index is 6.11. The van der Waals surface area contributed by atoms with Crippen molar-refractivity contribution in [3.8, 4) is 0 Å². The molecular weight excluding hydrogens is 256 g/mol. The van der Waals surface area contributed by atoms with Crippen molar-refractivity contribution in [2.75, 3.05) is 0 Å². The maximum atomic E-state index is 6.11. The van der Waals surface area contributed by atoms with Gasteiger partial charge in [0.05, 0.1) is 11.4 Å². The van der Waals surface area contributed by atoms with Gasteiger partial charge in [-0.2, -0.15) is 0 Å². The molecule has 4 nitrogen and oxygen atoms in total. The molecule has 0 saturated heterocycles. The molecule has 0 N–H and O–H groups in total. The van der Waals surface area contributed by atoms with Gasteiger partial charge in [0, 0.05) is 4.88 Å². The topological polar surface area (TPSA) is 43.6 Å². The van der Waals surface area contributed by atoms with Crippen LogP contribution in [0.1, 0.15) is 47.4 Å². The summed E-state index contributed by atoms with van der Waals surface area (Å²) in [4.78, 5) is 1.46. The molecule has 0 radical (unpaired) electrons. The van der Waals surface area contributed by atoms with Crippen molar-refractivity contribution < 1.29 is 0 Å². The Kier molecular flexibility index (Phi) is 2.88. The molecule has 2 unspecified atom stereocenters. The first-order valence-corrected chi connectivity index (χ1v) is 7.07. The van der Waals surface area contributed by atoms with Crippen molar-refractivity contribution in [3.63, 3.8) is 0 Å². The summed E-state index contributed by atoms with van der Waals surface area (Å²) >= 11 is 7.93. The van der Waals surface area contributed by atoms with Crippen molar-refractivity contribution in [3.05, 3.63) is 27.7 Å². The summed E-state index contributed by atoms with van der Waals surface area (Å²) in [6.45, 7) is 1.90. The lowest BCUT2D eigenvalue weighted by molar-refractivity contribution is 0.431. The third kappa shape index (κ3) is 1.87. The number of thiophene rings is 1. The second kappa shape index (κ2) is 4.38. The largest absolute Gasteiger partial charge is 0.221 e. The third-order valence-electron chi connectivity index (χ3n) is 3.19. The van der Waals surface area contributed by atoms with Crippen LogP contribution in [0.2, 0.25) is 0 Å². The predicted octanol–water partition coefficient (Wildman–Crippen LogP) is 2.96. The van der Waals surface area contributed by atoms with E-state index in [9.17, 15) is 0 Å². The molecule has 0 amide bonds. The van der Waals surface area contributed by atoms with Crippen LogP contribution in [-0.4, -0.2) is 20.2 Å². The lowest BCUT2D eigenvalue weighted by Crippen LogP contribution is -2.19. The highest BCUT2D eigenvalue weighted by Gasteiger charge is 2.27. The summed E-state index contributed by atoms with van der Waals surface area (Å²) in [5, 5.41) is 13.9. The Labute approximate surface area is 109 Å². The van der Waals surface area contributed by atoms with Crippen LogP contribution in [0, 0.1) is 0 Å². The number of hydrogen-bond donors (Lipinski definition) is 0. The molecule has 17 heavy (non-hydrogen) atoms. The number of fused-ring (bicyclic) bond motifs is 1. The standard InChI is InChI=1S/C11H13ClN4S/c1-7(12)11-13-14-15-16(11)9-3-2-4-10-8(9)5-6-17-10/h5-7,9H,2-4H2,1H3. The van der Waals surface area contributed by atoms with Crippen LogP contribution >= 0.6 is 22.9 Å². The van der Waals surface area contributed by atoms with Crippen LogP contribution in [0.4, 0.5) is 0 Å². The van der Waals surface area contributed by atoms with Gasteiger partial charge in [-0.15, -0.1) is 28.0 Å². The Balaban J connectivity index is 2.04. The minimum absolute atomic E-state index is 0.158. The van der Waals surface area contributed by atoms with E-state index >= 15 is 0 Å². The summed E-state index contributed by atoms with van der Waals surface area (Å²) in [7, 11) is 0. The molecule has 6 heteroatoms. The molecule has 0 fully saturated rings. The van der Waals surface area contributed by atoms with Gasteiger partial charge < -0.3 is 0 Å². The second-order valence-electron chi connectivity index (χ2n) is 4.30. The van der Waals surface area contributed by atoms with Crippen LogP contribution in [-0.2, 0) is 6.42 Å². The molecular formula is C11H13ClN4S. The second-order valence-corrected chi connectivity index (χ2v) is 5.96. The first-order valence-electron chi connectivity index (χ1n) is 5.75. The van der Waals surface area contributed by atoms with E-state index in [0.29, 0.717) is 0 Å². The van der Waals surface area contributed by atoms with Crippen molar-refractivity contribution in [1.29, 1.82) is 0 Å². The Morgan fingerprint density at radius 2 is 2.47 bits per heavy atom. The van der Waals surface area contributed by atoms with Crippen LogP contribution in [0.3, 0.4) is 0 Å². The van der Waals surface area contributed by atoms with E-state index in [1.807, 2.05) is 22.9 Å². The fourth-order valence-electron chi connectivity index (χ4n) is 2.40. The van der Waals surface area contributed by atoms with Crippen LogP contribution in [0.25, 0.3) is 0 Å². The Hall–Kier alpha value is -0.940. The number of halogens is 1. The fourth-order valence-corrected chi connectivity index (χ4v) is 3.53. The Morgan fingerprint density at radius 3 is 3.29 bits per heavy atom. The summed E-state index contributed by atoms with van der Waals surface area (Å²) in [5.41, 5.74) is 1.37. The zero-order chi connectivity index (χ0) is 11.8. The van der Waals surface area contributed by atoms with Gasteiger partial charge in [0.2, 0.25) is 0 Å². The molecule has 0 bridgehead atoms. The van der Waals surface area contributed by atoms with E-state index < -0.39 is 0 Å². The summed E-state index contributed by atoms with van der Waals surface area (Å²) in [6.07, 6.45) is 3.46. The van der Waals surface area contributed by atoms with Gasteiger partial charge in [-0.25, -0.2) is 4.68 Å².